The summed E-state index contributed by atoms with van der Waals surface area (Å²) in [6.07, 6.45) is 1.73. The highest BCUT2D eigenvalue weighted by atomic mass is 33.1. The largest absolute Gasteiger partial charge is 0.712 e. The normalized spacial score (nSPS) is 9.12. The summed E-state index contributed by atoms with van der Waals surface area (Å²) in [5.74, 6) is 0. The van der Waals surface area contributed by atoms with Crippen LogP contribution in [0.15, 0.2) is 29.4 Å². The fourth-order valence-corrected chi connectivity index (χ4v) is 0.930. The van der Waals surface area contributed by atoms with Gasteiger partial charge in [-0.05, 0) is 12.1 Å². The Kier molecular flexibility index (Phi) is 2.24. The van der Waals surface area contributed by atoms with Crippen LogP contribution >= 0.6 is 10.8 Å². The average Bonchev–Trinajstić information content (AvgIpc) is 1.90. The minimum atomic E-state index is 0.891. The van der Waals surface area contributed by atoms with Crippen molar-refractivity contribution >= 4 is 22.5 Å². The van der Waals surface area contributed by atoms with Gasteiger partial charge in [0.1, 0.15) is 0 Å². The third-order valence-corrected chi connectivity index (χ3v) is 1.65. The molecule has 1 aromatic rings. The summed E-state index contributed by atoms with van der Waals surface area (Å²) in [6.45, 7) is 0. The van der Waals surface area contributed by atoms with E-state index in [-0.39, 0.29) is 0 Å². The zero-order valence-electron chi connectivity index (χ0n) is 4.07. The van der Waals surface area contributed by atoms with E-state index in [0.717, 1.165) is 5.03 Å². The smallest absolute Gasteiger partial charge is 0.0714 e. The van der Waals surface area contributed by atoms with Gasteiger partial charge in [-0.2, -0.15) is 0 Å². The van der Waals surface area contributed by atoms with Crippen molar-refractivity contribution in [1.29, 1.82) is 0 Å². The monoisotopic (exact) mass is 142 g/mol. The molecule has 0 aliphatic rings. The Morgan fingerprint density at radius 1 is 1.50 bits per heavy atom. The number of hydrogen-bond acceptors (Lipinski definition) is 3. The van der Waals surface area contributed by atoms with Crippen LogP contribution in [0.3, 0.4) is 0 Å². The molecular weight excluding hydrogens is 138 g/mol. The van der Waals surface area contributed by atoms with E-state index in [9.17, 15) is 0 Å². The zero-order valence-corrected chi connectivity index (χ0v) is 5.71. The van der Waals surface area contributed by atoms with Crippen LogP contribution in [0, 0.1) is 0 Å². The third kappa shape index (κ3) is 1.42. The van der Waals surface area contributed by atoms with Crippen molar-refractivity contribution in [3.63, 3.8) is 0 Å². The Hall–Kier alpha value is -0.150. The average molecular weight is 142 g/mol. The van der Waals surface area contributed by atoms with Gasteiger partial charge in [-0.3, -0.25) is 15.8 Å². The fraction of sp³-hybridized carbons (Fsp3) is 0. The lowest BCUT2D eigenvalue weighted by molar-refractivity contribution is 1.14. The maximum Gasteiger partial charge on any atom is 0.0714 e. The lowest BCUT2D eigenvalue weighted by Crippen LogP contribution is -1.71. The van der Waals surface area contributed by atoms with Crippen LogP contribution in [0.4, 0.5) is 0 Å². The molecule has 0 spiro atoms. The molecule has 0 aromatic carbocycles. The van der Waals surface area contributed by atoms with E-state index in [2.05, 4.69) is 16.6 Å². The second-order valence-corrected chi connectivity index (χ2v) is 2.34. The van der Waals surface area contributed by atoms with E-state index in [0.29, 0.717) is 0 Å². The predicted molar refractivity (Wildman–Crippen MR) is 37.5 cm³/mol. The molecule has 0 saturated heterocycles. The second kappa shape index (κ2) is 2.99. The van der Waals surface area contributed by atoms with Crippen molar-refractivity contribution in [2.24, 2.45) is 0 Å². The van der Waals surface area contributed by atoms with E-state index in [1.54, 1.807) is 6.20 Å². The van der Waals surface area contributed by atoms with Gasteiger partial charge < -0.3 is 11.7 Å². The zero-order chi connectivity index (χ0) is 5.82. The first-order chi connectivity index (χ1) is 3.93. The lowest BCUT2D eigenvalue weighted by atomic mass is 10.5. The van der Waals surface area contributed by atoms with Gasteiger partial charge in [0.2, 0.25) is 0 Å². The van der Waals surface area contributed by atoms with E-state index < -0.39 is 0 Å². The van der Waals surface area contributed by atoms with Gasteiger partial charge in [0.15, 0.2) is 0 Å². The van der Waals surface area contributed by atoms with E-state index in [1.807, 2.05) is 18.2 Å². The number of pyridine rings is 1. The summed E-state index contributed by atoms with van der Waals surface area (Å²) in [5.41, 5.74) is 0. The lowest BCUT2D eigenvalue weighted by Gasteiger charge is -1.99. The highest BCUT2D eigenvalue weighted by Crippen LogP contribution is 2.08. The first kappa shape index (κ1) is 5.98. The molecule has 0 atom stereocenters. The standard InChI is InChI=1S/C5H5NS2/c7-8-5-3-1-2-4-6-5/h1-4,7H/p-1. The Morgan fingerprint density at radius 3 is 2.75 bits per heavy atom. The first-order valence-corrected chi connectivity index (χ1v) is 3.88. The minimum Gasteiger partial charge on any atom is -0.712 e. The van der Waals surface area contributed by atoms with Crippen LogP contribution in [0.1, 0.15) is 0 Å². The molecule has 0 radical (unpaired) electrons. The first-order valence-electron chi connectivity index (χ1n) is 2.14. The molecule has 42 valence electrons. The van der Waals surface area contributed by atoms with E-state index in [1.165, 1.54) is 10.8 Å². The van der Waals surface area contributed by atoms with Crippen LogP contribution in [0.2, 0.25) is 0 Å². The molecule has 0 fully saturated rings. The molecule has 0 amide bonds. The van der Waals surface area contributed by atoms with E-state index >= 15 is 0 Å². The highest BCUT2D eigenvalue weighted by molar-refractivity contribution is 8.59. The number of aromatic nitrogens is 1. The molecule has 3 heteroatoms. The van der Waals surface area contributed by atoms with Crippen molar-refractivity contribution in [1.82, 2.24) is 4.98 Å². The molecule has 0 aliphatic carbocycles. The summed E-state index contributed by atoms with van der Waals surface area (Å²) < 4.78 is 0. The van der Waals surface area contributed by atoms with Gasteiger partial charge in [0.05, 0.1) is 5.03 Å². The maximum absolute atomic E-state index is 4.67. The molecular formula is C5H4NS2-. The molecule has 1 nitrogen and oxygen atoms in total. The summed E-state index contributed by atoms with van der Waals surface area (Å²) in [4.78, 5) is 3.96. The topological polar surface area (TPSA) is 12.9 Å². The summed E-state index contributed by atoms with van der Waals surface area (Å²) >= 11 is 4.67. The number of nitrogens with zero attached hydrogens (tertiary/aromatic N) is 1. The Balaban J connectivity index is 2.83. The molecule has 0 saturated carbocycles. The second-order valence-electron chi connectivity index (χ2n) is 1.25. The molecule has 0 bridgehead atoms. The van der Waals surface area contributed by atoms with Crippen LogP contribution in [-0.2, 0) is 11.7 Å². The van der Waals surface area contributed by atoms with Crippen molar-refractivity contribution in [3.8, 4) is 0 Å². The summed E-state index contributed by atoms with van der Waals surface area (Å²) in [7, 11) is 1.24. The number of hydrogen-bond donors (Lipinski definition) is 0. The quantitative estimate of drug-likeness (QED) is 0.437. The number of rotatable bonds is 1. The van der Waals surface area contributed by atoms with Gasteiger partial charge >= 0.3 is 0 Å². The van der Waals surface area contributed by atoms with Gasteiger partial charge in [-0.1, -0.05) is 6.07 Å². The SMILES string of the molecule is [S-]Sc1ccccn1. The van der Waals surface area contributed by atoms with Crippen LogP contribution in [0.5, 0.6) is 0 Å². The van der Waals surface area contributed by atoms with Crippen molar-refractivity contribution in [2.45, 2.75) is 5.03 Å². The van der Waals surface area contributed by atoms with Crippen molar-refractivity contribution in [3.05, 3.63) is 24.4 Å². The molecule has 1 heterocycles. The Labute approximate surface area is 57.3 Å². The molecule has 0 aliphatic heterocycles. The van der Waals surface area contributed by atoms with Gasteiger partial charge in [-0.25, -0.2) is 0 Å². The Morgan fingerprint density at radius 2 is 2.38 bits per heavy atom. The molecule has 1 rings (SSSR count). The Bertz CT molecular complexity index is 152. The van der Waals surface area contributed by atoms with E-state index in [4.69, 9.17) is 0 Å². The molecule has 1 aromatic heterocycles. The van der Waals surface area contributed by atoms with Crippen LogP contribution in [0.25, 0.3) is 0 Å². The van der Waals surface area contributed by atoms with Gasteiger partial charge in [-0.15, -0.1) is 0 Å². The molecule has 8 heavy (non-hydrogen) atoms. The predicted octanol–water partition coefficient (Wildman–Crippen LogP) is 1.64. The fourth-order valence-electron chi connectivity index (χ4n) is 0.396. The molecule has 0 N–H and O–H groups in total. The van der Waals surface area contributed by atoms with Crippen molar-refractivity contribution < 1.29 is 0 Å². The summed E-state index contributed by atoms with van der Waals surface area (Å²) in [6, 6.07) is 5.67. The van der Waals surface area contributed by atoms with Crippen molar-refractivity contribution in [2.75, 3.05) is 0 Å². The van der Waals surface area contributed by atoms with Crippen LogP contribution < -0.4 is 0 Å². The third-order valence-electron chi connectivity index (χ3n) is 0.723. The molecule has 0 unspecified atom stereocenters. The van der Waals surface area contributed by atoms with Crippen LogP contribution in [-0.4, -0.2) is 4.98 Å². The maximum atomic E-state index is 4.67. The summed E-state index contributed by atoms with van der Waals surface area (Å²) in [5, 5.41) is 0.891. The highest BCUT2D eigenvalue weighted by Gasteiger charge is 1.76. The minimum absolute atomic E-state index is 0.891. The van der Waals surface area contributed by atoms with Gasteiger partial charge in [0, 0.05) is 6.20 Å². The van der Waals surface area contributed by atoms with Gasteiger partial charge in [0.25, 0.3) is 0 Å².